The molecule has 2 amide bonds. The third-order valence-electron chi connectivity index (χ3n) is 2.06. The Morgan fingerprint density at radius 1 is 1.58 bits per heavy atom. The third-order valence-corrected chi connectivity index (χ3v) is 2.06. The first-order chi connectivity index (χ1) is 5.57. The van der Waals surface area contributed by atoms with Crippen molar-refractivity contribution in [3.8, 4) is 0 Å². The lowest BCUT2D eigenvalue weighted by molar-refractivity contribution is 0.197. The number of rotatable bonds is 2. The van der Waals surface area contributed by atoms with Crippen molar-refractivity contribution in [1.82, 2.24) is 10.2 Å². The van der Waals surface area contributed by atoms with Crippen molar-refractivity contribution < 1.29 is 9.59 Å². The number of carbonyl (C=O) groups excluding carboxylic acids is 2. The topological polar surface area (TPSA) is 49.4 Å². The molecule has 6 heteroatoms. The van der Waals surface area contributed by atoms with E-state index in [4.69, 9.17) is 0 Å². The molecule has 1 N–H and O–H groups in total. The zero-order chi connectivity index (χ0) is 9.30. The van der Waals surface area contributed by atoms with E-state index in [1.54, 1.807) is 20.8 Å². The van der Waals surface area contributed by atoms with Crippen LogP contribution >= 0.6 is 0 Å². The van der Waals surface area contributed by atoms with Gasteiger partial charge in [0.1, 0.15) is 0 Å². The van der Waals surface area contributed by atoms with Crippen molar-refractivity contribution >= 4 is 25.4 Å². The summed E-state index contributed by atoms with van der Waals surface area (Å²) in [5.41, 5.74) is 0. The molecule has 1 rings (SSSR count). The Bertz CT molecular complexity index is 222. The molecule has 0 aromatic carbocycles. The monoisotopic (exact) mass is 165 g/mol. The van der Waals surface area contributed by atoms with Crippen LogP contribution in [0.4, 0.5) is 9.59 Å². The average molecular weight is 165 g/mol. The van der Waals surface area contributed by atoms with Gasteiger partial charge in [0.25, 0.3) is 0 Å². The Kier molecular flexibility index (Phi) is 2.57. The van der Waals surface area contributed by atoms with E-state index in [1.165, 1.54) is 12.1 Å². The zero-order valence-electron chi connectivity index (χ0n) is 7.50. The lowest BCUT2D eigenvalue weighted by atomic mass is 9.24. The standard InChI is InChI=1S/C6H11B2N2O2/c1-4(9-3)10-5(11)7-8(2)6(10)12/h4,9H,1-3H3. The van der Waals surface area contributed by atoms with E-state index in [9.17, 15) is 9.59 Å². The Hall–Kier alpha value is -0.770. The number of amides is 2. The van der Waals surface area contributed by atoms with Crippen molar-refractivity contribution in [1.29, 1.82) is 0 Å². The summed E-state index contributed by atoms with van der Waals surface area (Å²) in [6.45, 7) is 3.23. The summed E-state index contributed by atoms with van der Waals surface area (Å²) in [4.78, 5) is 23.8. The SMILES string of the molecule is CNC(C)N1C(=O)[B]B(C)C1=O. The molecule has 0 spiro atoms. The van der Waals surface area contributed by atoms with Crippen molar-refractivity contribution in [2.75, 3.05) is 7.05 Å². The van der Waals surface area contributed by atoms with Crippen molar-refractivity contribution in [3.63, 3.8) is 0 Å². The molecule has 1 aliphatic heterocycles. The quantitative estimate of drug-likeness (QED) is 0.586. The van der Waals surface area contributed by atoms with Crippen molar-refractivity contribution in [2.45, 2.75) is 19.9 Å². The highest BCUT2D eigenvalue weighted by molar-refractivity contribution is 7.39. The van der Waals surface area contributed by atoms with Gasteiger partial charge in [-0.25, -0.2) is 0 Å². The van der Waals surface area contributed by atoms with Crippen LogP contribution in [0.5, 0.6) is 0 Å². The van der Waals surface area contributed by atoms with E-state index in [1.807, 2.05) is 0 Å². The Morgan fingerprint density at radius 3 is 2.50 bits per heavy atom. The van der Waals surface area contributed by atoms with E-state index in [0.717, 1.165) is 0 Å². The summed E-state index contributed by atoms with van der Waals surface area (Å²) in [6.07, 6.45) is -0.216. The molecule has 1 fully saturated rings. The Balaban J connectivity index is 2.76. The fourth-order valence-electron chi connectivity index (χ4n) is 1.20. The van der Waals surface area contributed by atoms with Gasteiger partial charge in [0.15, 0.2) is 11.6 Å². The van der Waals surface area contributed by atoms with Crippen molar-refractivity contribution in [2.24, 2.45) is 0 Å². The molecule has 4 nitrogen and oxygen atoms in total. The summed E-state index contributed by atoms with van der Waals surface area (Å²) in [6, 6.07) is 0. The summed E-state index contributed by atoms with van der Waals surface area (Å²) in [5.74, 6) is -0.323. The van der Waals surface area contributed by atoms with Gasteiger partial charge >= 0.3 is 0 Å². The maximum absolute atomic E-state index is 11.3. The van der Waals surface area contributed by atoms with E-state index in [2.05, 4.69) is 5.32 Å². The van der Waals surface area contributed by atoms with Crippen LogP contribution in [0.15, 0.2) is 0 Å². The lowest BCUT2D eigenvalue weighted by Crippen LogP contribution is -2.45. The normalized spacial score (nSPS) is 19.9. The van der Waals surface area contributed by atoms with E-state index in [-0.39, 0.29) is 24.4 Å². The summed E-state index contributed by atoms with van der Waals surface area (Å²) in [5, 5.41) is 2.85. The predicted octanol–water partition coefficient (Wildman–Crippen LogP) is 0.0146. The largest absolute Gasteiger partial charge is 0.300 e. The second-order valence-electron chi connectivity index (χ2n) is 2.97. The second-order valence-corrected chi connectivity index (χ2v) is 2.97. The first kappa shape index (κ1) is 9.32. The van der Waals surface area contributed by atoms with Gasteiger partial charge in [0, 0.05) is 0 Å². The van der Waals surface area contributed by atoms with Crippen LogP contribution in [0.1, 0.15) is 6.92 Å². The molecule has 1 atom stereocenters. The highest BCUT2D eigenvalue weighted by Gasteiger charge is 2.40. The Morgan fingerprint density at radius 2 is 2.17 bits per heavy atom. The van der Waals surface area contributed by atoms with Crippen molar-refractivity contribution in [3.05, 3.63) is 0 Å². The molecule has 0 aromatic rings. The molecular formula is C6H11B2N2O2. The number of nitrogens with one attached hydrogen (secondary N) is 1. The van der Waals surface area contributed by atoms with Crippen LogP contribution in [0, 0.1) is 0 Å². The van der Waals surface area contributed by atoms with Crippen LogP contribution in [0.25, 0.3) is 0 Å². The predicted molar refractivity (Wildman–Crippen MR) is 48.5 cm³/mol. The van der Waals surface area contributed by atoms with E-state index >= 15 is 0 Å². The summed E-state index contributed by atoms with van der Waals surface area (Å²) in [7, 11) is 3.16. The van der Waals surface area contributed by atoms with Gasteiger partial charge in [0.2, 0.25) is 13.8 Å². The molecule has 63 valence electrons. The summed E-state index contributed by atoms with van der Waals surface area (Å²) < 4.78 is 0. The van der Waals surface area contributed by atoms with Gasteiger partial charge < -0.3 is 5.32 Å². The highest BCUT2D eigenvalue weighted by atomic mass is 16.2. The van der Waals surface area contributed by atoms with Gasteiger partial charge in [-0.15, -0.1) is 0 Å². The maximum atomic E-state index is 11.3. The van der Waals surface area contributed by atoms with Gasteiger partial charge in [0.05, 0.1) is 6.17 Å². The van der Waals surface area contributed by atoms with Crippen LogP contribution in [0.3, 0.4) is 0 Å². The smallest absolute Gasteiger partial charge is 0.222 e. The van der Waals surface area contributed by atoms with Gasteiger partial charge in [-0.3, -0.25) is 14.5 Å². The summed E-state index contributed by atoms with van der Waals surface area (Å²) >= 11 is 0. The van der Waals surface area contributed by atoms with Crippen LogP contribution < -0.4 is 5.32 Å². The molecule has 0 saturated carbocycles. The molecule has 1 saturated heterocycles. The van der Waals surface area contributed by atoms with E-state index < -0.39 is 0 Å². The molecule has 0 aromatic heterocycles. The minimum absolute atomic E-state index is 0.123. The van der Waals surface area contributed by atoms with Gasteiger partial charge in [-0.05, 0) is 14.0 Å². The highest BCUT2D eigenvalue weighted by Crippen LogP contribution is 2.09. The zero-order valence-corrected chi connectivity index (χ0v) is 7.50. The van der Waals surface area contributed by atoms with Crippen LogP contribution in [0.2, 0.25) is 6.82 Å². The molecule has 12 heavy (non-hydrogen) atoms. The fourth-order valence-corrected chi connectivity index (χ4v) is 1.20. The third kappa shape index (κ3) is 1.39. The van der Waals surface area contributed by atoms with Crippen LogP contribution in [-0.4, -0.2) is 43.5 Å². The fraction of sp³-hybridized carbons (Fsp3) is 0.667. The maximum Gasteiger partial charge on any atom is 0.222 e. The second kappa shape index (κ2) is 3.31. The molecule has 0 bridgehead atoms. The molecule has 0 aliphatic carbocycles. The minimum Gasteiger partial charge on any atom is -0.300 e. The minimum atomic E-state index is -0.270. The van der Waals surface area contributed by atoms with E-state index in [0.29, 0.717) is 0 Å². The average Bonchev–Trinajstić information content (AvgIpc) is 2.26. The first-order valence-electron chi connectivity index (χ1n) is 3.97. The number of nitrogens with zero attached hydrogens (tertiary/aromatic N) is 1. The molecule has 1 heterocycles. The lowest BCUT2D eigenvalue weighted by Gasteiger charge is -2.23. The Labute approximate surface area is 73.0 Å². The molecular weight excluding hydrogens is 154 g/mol. The number of imide groups is 1. The number of hydrogen-bond acceptors (Lipinski definition) is 3. The molecule has 1 aliphatic rings. The molecule has 1 unspecified atom stereocenters. The molecule has 1 radical (unpaired) electrons. The van der Waals surface area contributed by atoms with Gasteiger partial charge in [-0.1, -0.05) is 6.82 Å². The van der Waals surface area contributed by atoms with Gasteiger partial charge in [-0.2, -0.15) is 0 Å². The van der Waals surface area contributed by atoms with Crippen LogP contribution in [-0.2, 0) is 0 Å². The first-order valence-corrected chi connectivity index (χ1v) is 3.97. The number of hydrogen-bond donors (Lipinski definition) is 1. The number of carbonyl (C=O) groups is 2.